The summed E-state index contributed by atoms with van der Waals surface area (Å²) >= 11 is 1.87. The van der Waals surface area contributed by atoms with Gasteiger partial charge in [0.2, 0.25) is 0 Å². The summed E-state index contributed by atoms with van der Waals surface area (Å²) in [6, 6.07) is 4.01. The normalized spacial score (nSPS) is 24.1. The van der Waals surface area contributed by atoms with Gasteiger partial charge in [-0.1, -0.05) is 6.92 Å². The van der Waals surface area contributed by atoms with Gasteiger partial charge in [-0.15, -0.1) is 0 Å². The van der Waals surface area contributed by atoms with Crippen LogP contribution < -0.4 is 4.90 Å². The lowest BCUT2D eigenvalue weighted by atomic mass is 10.1. The monoisotopic (exact) mass is 270 g/mol. The molecule has 0 bridgehead atoms. The molecule has 0 spiro atoms. The molecule has 2 atom stereocenters. The number of hydrogen-bond donors (Lipinski definition) is 0. The Morgan fingerprint density at radius 2 is 2.17 bits per heavy atom. The second-order valence-corrected chi connectivity index (χ2v) is 5.92. The maximum atomic E-state index is 13.4. The highest BCUT2D eigenvalue weighted by molar-refractivity contribution is 8.00. The van der Waals surface area contributed by atoms with Crippen LogP contribution in [0.5, 0.6) is 0 Å². The van der Waals surface area contributed by atoms with Gasteiger partial charge in [0, 0.05) is 35.3 Å². The highest BCUT2D eigenvalue weighted by atomic mass is 32.2. The first-order valence-corrected chi connectivity index (χ1v) is 6.87. The third kappa shape index (κ3) is 2.58. The van der Waals surface area contributed by atoms with Crippen LogP contribution in [0.3, 0.4) is 0 Å². The predicted molar refractivity (Wildman–Crippen MR) is 71.8 cm³/mol. The van der Waals surface area contributed by atoms with E-state index >= 15 is 0 Å². The Labute approximate surface area is 109 Å². The van der Waals surface area contributed by atoms with Crippen LogP contribution in [0.2, 0.25) is 0 Å². The second kappa shape index (κ2) is 5.14. The Morgan fingerprint density at radius 1 is 1.44 bits per heavy atom. The van der Waals surface area contributed by atoms with Crippen LogP contribution in [-0.2, 0) is 0 Å². The molecule has 0 amide bonds. The van der Waals surface area contributed by atoms with Crippen molar-refractivity contribution in [2.75, 3.05) is 17.2 Å². The highest BCUT2D eigenvalue weighted by Crippen LogP contribution is 2.31. The summed E-state index contributed by atoms with van der Waals surface area (Å²) in [6.07, 6.45) is 0. The lowest BCUT2D eigenvalue weighted by molar-refractivity contribution is -0.385. The fourth-order valence-electron chi connectivity index (χ4n) is 2.13. The van der Waals surface area contributed by atoms with E-state index in [2.05, 4.69) is 13.8 Å². The Bertz CT molecular complexity index is 469. The molecule has 1 aliphatic heterocycles. The van der Waals surface area contributed by atoms with Gasteiger partial charge in [0.1, 0.15) is 5.82 Å². The number of anilines is 1. The molecule has 1 heterocycles. The number of rotatable bonds is 2. The van der Waals surface area contributed by atoms with Crippen LogP contribution in [0.15, 0.2) is 18.2 Å². The molecule has 0 N–H and O–H groups in total. The van der Waals surface area contributed by atoms with Crippen molar-refractivity contribution in [1.29, 1.82) is 0 Å². The van der Waals surface area contributed by atoms with E-state index in [0.717, 1.165) is 18.4 Å². The van der Waals surface area contributed by atoms with E-state index in [0.29, 0.717) is 10.9 Å². The molecule has 0 radical (unpaired) electrons. The van der Waals surface area contributed by atoms with Gasteiger partial charge in [0.15, 0.2) is 0 Å². The van der Waals surface area contributed by atoms with Crippen LogP contribution >= 0.6 is 11.8 Å². The maximum Gasteiger partial charge on any atom is 0.274 e. The highest BCUT2D eigenvalue weighted by Gasteiger charge is 2.26. The van der Waals surface area contributed by atoms with Crippen LogP contribution in [-0.4, -0.2) is 28.5 Å². The Balaban J connectivity index is 2.35. The topological polar surface area (TPSA) is 46.4 Å². The van der Waals surface area contributed by atoms with E-state index < -0.39 is 10.7 Å². The van der Waals surface area contributed by atoms with Crippen molar-refractivity contribution in [1.82, 2.24) is 0 Å². The minimum atomic E-state index is -0.558. The van der Waals surface area contributed by atoms with Crippen LogP contribution in [0, 0.1) is 15.9 Å². The summed E-state index contributed by atoms with van der Waals surface area (Å²) in [5.74, 6) is 0.396. The standard InChI is InChI=1S/C12H15FN2O2S/c1-8-9(2)18-4-3-14(8)11-5-10(13)6-12(7-11)15(16)17/h5-9H,3-4H2,1-2H3. The first-order chi connectivity index (χ1) is 8.49. The number of hydrogen-bond acceptors (Lipinski definition) is 4. The van der Waals surface area contributed by atoms with Crippen molar-refractivity contribution >= 4 is 23.1 Å². The number of benzene rings is 1. The molecular weight excluding hydrogens is 255 g/mol. The third-order valence-corrected chi connectivity index (χ3v) is 4.63. The third-order valence-electron chi connectivity index (χ3n) is 3.29. The second-order valence-electron chi connectivity index (χ2n) is 4.43. The van der Waals surface area contributed by atoms with Crippen molar-refractivity contribution < 1.29 is 9.31 Å². The fourth-order valence-corrected chi connectivity index (χ4v) is 3.23. The van der Waals surface area contributed by atoms with Crippen LogP contribution in [0.1, 0.15) is 13.8 Å². The maximum absolute atomic E-state index is 13.4. The molecule has 2 rings (SSSR count). The zero-order valence-electron chi connectivity index (χ0n) is 10.3. The zero-order valence-corrected chi connectivity index (χ0v) is 11.1. The number of nitro groups is 1. The molecule has 0 aromatic heterocycles. The average molecular weight is 270 g/mol. The Morgan fingerprint density at radius 3 is 2.83 bits per heavy atom. The smallest absolute Gasteiger partial charge is 0.274 e. The molecule has 1 aromatic carbocycles. The summed E-state index contributed by atoms with van der Waals surface area (Å²) in [4.78, 5) is 12.2. The van der Waals surface area contributed by atoms with Crippen molar-refractivity contribution in [3.63, 3.8) is 0 Å². The minimum Gasteiger partial charge on any atom is -0.367 e. The van der Waals surface area contributed by atoms with E-state index in [-0.39, 0.29) is 11.7 Å². The van der Waals surface area contributed by atoms with Crippen LogP contribution in [0.25, 0.3) is 0 Å². The molecule has 18 heavy (non-hydrogen) atoms. The van der Waals surface area contributed by atoms with Crippen molar-refractivity contribution in [3.8, 4) is 0 Å². The zero-order chi connectivity index (χ0) is 13.3. The van der Waals surface area contributed by atoms with E-state index in [1.807, 2.05) is 16.7 Å². The molecule has 2 unspecified atom stereocenters. The van der Waals surface area contributed by atoms with Gasteiger partial charge in [-0.25, -0.2) is 4.39 Å². The quantitative estimate of drug-likeness (QED) is 0.612. The molecule has 0 saturated carbocycles. The summed E-state index contributed by atoms with van der Waals surface area (Å²) in [5.41, 5.74) is 0.407. The van der Waals surface area contributed by atoms with Gasteiger partial charge in [0.25, 0.3) is 5.69 Å². The summed E-state index contributed by atoms with van der Waals surface area (Å²) in [7, 11) is 0. The number of nitro benzene ring substituents is 1. The summed E-state index contributed by atoms with van der Waals surface area (Å²) in [5, 5.41) is 11.2. The Kier molecular flexibility index (Phi) is 3.75. The lowest BCUT2D eigenvalue weighted by Gasteiger charge is -2.39. The molecule has 1 aliphatic rings. The number of nitrogens with zero attached hydrogens (tertiary/aromatic N) is 2. The van der Waals surface area contributed by atoms with E-state index in [1.54, 1.807) is 0 Å². The van der Waals surface area contributed by atoms with Gasteiger partial charge in [-0.3, -0.25) is 10.1 Å². The van der Waals surface area contributed by atoms with E-state index in [1.165, 1.54) is 12.1 Å². The van der Waals surface area contributed by atoms with E-state index in [9.17, 15) is 14.5 Å². The average Bonchev–Trinajstić information content (AvgIpc) is 2.31. The molecule has 1 saturated heterocycles. The Hall–Kier alpha value is -1.30. The summed E-state index contributed by atoms with van der Waals surface area (Å²) < 4.78 is 13.4. The summed E-state index contributed by atoms with van der Waals surface area (Å²) in [6.45, 7) is 4.97. The minimum absolute atomic E-state index is 0.192. The molecule has 1 fully saturated rings. The van der Waals surface area contributed by atoms with Crippen molar-refractivity contribution in [2.45, 2.75) is 25.1 Å². The van der Waals surface area contributed by atoms with Gasteiger partial charge in [-0.2, -0.15) is 11.8 Å². The molecule has 0 aliphatic carbocycles. The SMILES string of the molecule is CC1SCCN(c2cc(F)cc([N+](=O)[O-])c2)C1C. The van der Waals surface area contributed by atoms with E-state index in [4.69, 9.17) is 0 Å². The lowest BCUT2D eigenvalue weighted by Crippen LogP contribution is -2.44. The molecular formula is C12H15FN2O2S. The number of non-ortho nitro benzene ring substituents is 1. The number of thioether (sulfide) groups is 1. The number of halogens is 1. The van der Waals surface area contributed by atoms with Gasteiger partial charge < -0.3 is 4.90 Å². The predicted octanol–water partition coefficient (Wildman–Crippen LogP) is 3.06. The van der Waals surface area contributed by atoms with Gasteiger partial charge >= 0.3 is 0 Å². The molecule has 98 valence electrons. The first-order valence-electron chi connectivity index (χ1n) is 5.82. The van der Waals surface area contributed by atoms with Crippen molar-refractivity contribution in [3.05, 3.63) is 34.1 Å². The van der Waals surface area contributed by atoms with Crippen LogP contribution in [0.4, 0.5) is 15.8 Å². The fraction of sp³-hybridized carbons (Fsp3) is 0.500. The van der Waals surface area contributed by atoms with Gasteiger partial charge in [0.05, 0.1) is 11.0 Å². The molecule has 4 nitrogen and oxygen atoms in total. The van der Waals surface area contributed by atoms with Crippen molar-refractivity contribution in [2.24, 2.45) is 0 Å². The molecule has 1 aromatic rings. The first kappa shape index (κ1) is 13.1. The van der Waals surface area contributed by atoms with Gasteiger partial charge in [-0.05, 0) is 13.0 Å². The molecule has 6 heteroatoms. The largest absolute Gasteiger partial charge is 0.367 e.